The molecule has 0 aliphatic rings. The summed E-state index contributed by atoms with van der Waals surface area (Å²) >= 11 is 1.68. The Balaban J connectivity index is 1.79. The van der Waals surface area contributed by atoms with Crippen LogP contribution < -0.4 is 0 Å². The normalized spacial score (nSPS) is 14.2. The van der Waals surface area contributed by atoms with Crippen LogP contribution in [0, 0.1) is 0 Å². The molecule has 0 saturated heterocycles. The summed E-state index contributed by atoms with van der Waals surface area (Å²) in [6.45, 7) is 2.12. The van der Waals surface area contributed by atoms with Crippen molar-refractivity contribution in [2.24, 2.45) is 0 Å². The van der Waals surface area contributed by atoms with Gasteiger partial charge in [-0.05, 0) is 24.1 Å². The zero-order chi connectivity index (χ0) is 14.7. The van der Waals surface area contributed by atoms with Gasteiger partial charge in [0.15, 0.2) is 0 Å². The van der Waals surface area contributed by atoms with Gasteiger partial charge in [-0.25, -0.2) is 4.98 Å². The number of para-hydroxylation sites is 1. The highest BCUT2D eigenvalue weighted by atomic mass is 32.1. The van der Waals surface area contributed by atoms with Gasteiger partial charge in [-0.1, -0.05) is 49.4 Å². The van der Waals surface area contributed by atoms with E-state index >= 15 is 0 Å². The van der Waals surface area contributed by atoms with E-state index in [0.29, 0.717) is 6.42 Å². The van der Waals surface area contributed by atoms with Crippen molar-refractivity contribution in [3.05, 3.63) is 65.2 Å². The number of nitrogens with zero attached hydrogens (tertiary/aromatic N) is 1. The maximum atomic E-state index is 10.6. The average molecular weight is 297 g/mol. The van der Waals surface area contributed by atoms with E-state index in [1.807, 2.05) is 36.4 Å². The first-order valence-corrected chi connectivity index (χ1v) is 8.17. The van der Waals surface area contributed by atoms with Crippen LogP contribution in [-0.4, -0.2) is 16.2 Å². The fourth-order valence-electron chi connectivity index (χ4n) is 2.76. The molecule has 108 valence electrons. The van der Waals surface area contributed by atoms with Gasteiger partial charge in [-0.3, -0.25) is 0 Å². The fraction of sp³-hybridized carbons (Fsp3) is 0.278. The van der Waals surface area contributed by atoms with Crippen LogP contribution in [0.1, 0.15) is 29.8 Å². The molecule has 2 atom stereocenters. The van der Waals surface area contributed by atoms with Crippen molar-refractivity contribution in [2.75, 3.05) is 0 Å². The molecule has 3 rings (SSSR count). The van der Waals surface area contributed by atoms with Gasteiger partial charge >= 0.3 is 0 Å². The van der Waals surface area contributed by atoms with Crippen molar-refractivity contribution in [1.82, 2.24) is 4.98 Å². The largest absolute Gasteiger partial charge is 0.392 e. The number of fused-ring (bicyclic) bond motifs is 1. The van der Waals surface area contributed by atoms with Crippen LogP contribution in [0.15, 0.2) is 54.6 Å². The number of hydrogen-bond acceptors (Lipinski definition) is 3. The average Bonchev–Trinajstić information content (AvgIpc) is 2.91. The summed E-state index contributed by atoms with van der Waals surface area (Å²) < 4.78 is 1.19. The second kappa shape index (κ2) is 6.37. The lowest BCUT2D eigenvalue weighted by Gasteiger charge is -2.21. The summed E-state index contributed by atoms with van der Waals surface area (Å²) in [6.07, 6.45) is 1.15. The first kappa shape index (κ1) is 14.2. The molecule has 0 spiro atoms. The van der Waals surface area contributed by atoms with Crippen LogP contribution in [0.25, 0.3) is 10.2 Å². The fourth-order valence-corrected chi connectivity index (χ4v) is 3.78. The van der Waals surface area contributed by atoms with E-state index < -0.39 is 6.10 Å². The van der Waals surface area contributed by atoms with Crippen LogP contribution in [-0.2, 0) is 6.42 Å². The summed E-state index contributed by atoms with van der Waals surface area (Å²) in [4.78, 5) is 4.62. The van der Waals surface area contributed by atoms with Crippen LogP contribution in [0.4, 0.5) is 0 Å². The molecular formula is C18H19NOS. The molecule has 0 radical (unpaired) electrons. The molecule has 0 saturated carbocycles. The monoisotopic (exact) mass is 297 g/mol. The van der Waals surface area contributed by atoms with E-state index in [4.69, 9.17) is 0 Å². The maximum absolute atomic E-state index is 10.6. The smallest absolute Gasteiger partial charge is 0.0964 e. The van der Waals surface area contributed by atoms with Crippen LogP contribution in [0.5, 0.6) is 0 Å². The van der Waals surface area contributed by atoms with Crippen molar-refractivity contribution >= 4 is 21.6 Å². The van der Waals surface area contributed by atoms with Crippen molar-refractivity contribution in [1.29, 1.82) is 0 Å². The Bertz CT molecular complexity index is 674. The van der Waals surface area contributed by atoms with Gasteiger partial charge in [0, 0.05) is 12.3 Å². The van der Waals surface area contributed by atoms with Crippen molar-refractivity contribution in [3.8, 4) is 0 Å². The molecule has 0 bridgehead atoms. The van der Waals surface area contributed by atoms with Gasteiger partial charge < -0.3 is 5.11 Å². The topological polar surface area (TPSA) is 33.1 Å². The highest BCUT2D eigenvalue weighted by molar-refractivity contribution is 7.18. The SMILES string of the molecule is CCC(c1ccccc1)C(O)Cc1nc2ccccc2s1. The molecule has 0 aliphatic carbocycles. The predicted molar refractivity (Wildman–Crippen MR) is 88.8 cm³/mol. The summed E-state index contributed by atoms with van der Waals surface area (Å²) in [5.41, 5.74) is 2.23. The van der Waals surface area contributed by atoms with Gasteiger partial charge in [0.05, 0.1) is 21.3 Å². The molecule has 2 unspecified atom stereocenters. The van der Waals surface area contributed by atoms with E-state index in [1.165, 1.54) is 10.3 Å². The minimum Gasteiger partial charge on any atom is -0.392 e. The van der Waals surface area contributed by atoms with E-state index in [-0.39, 0.29) is 5.92 Å². The van der Waals surface area contributed by atoms with Crippen molar-refractivity contribution in [2.45, 2.75) is 31.8 Å². The quantitative estimate of drug-likeness (QED) is 0.757. The molecule has 0 amide bonds. The van der Waals surface area contributed by atoms with Gasteiger partial charge in [-0.2, -0.15) is 0 Å². The lowest BCUT2D eigenvalue weighted by atomic mass is 9.89. The van der Waals surface area contributed by atoms with Gasteiger partial charge in [0.1, 0.15) is 0 Å². The Labute approximate surface area is 129 Å². The Morgan fingerprint density at radius 2 is 1.76 bits per heavy atom. The summed E-state index contributed by atoms with van der Waals surface area (Å²) in [6, 6.07) is 18.4. The number of hydrogen-bond donors (Lipinski definition) is 1. The van der Waals surface area contributed by atoms with E-state index in [1.54, 1.807) is 11.3 Å². The number of aliphatic hydroxyl groups is 1. The molecule has 0 fully saturated rings. The van der Waals surface area contributed by atoms with Crippen molar-refractivity contribution in [3.63, 3.8) is 0 Å². The Hall–Kier alpha value is -1.71. The highest BCUT2D eigenvalue weighted by Gasteiger charge is 2.21. The molecule has 1 aromatic heterocycles. The molecule has 2 aromatic carbocycles. The Morgan fingerprint density at radius 1 is 1.05 bits per heavy atom. The molecule has 0 aliphatic heterocycles. The zero-order valence-electron chi connectivity index (χ0n) is 12.1. The summed E-state index contributed by atoms with van der Waals surface area (Å²) in [5.74, 6) is 0.165. The van der Waals surface area contributed by atoms with Crippen molar-refractivity contribution < 1.29 is 5.11 Å². The summed E-state index contributed by atoms with van der Waals surface area (Å²) in [7, 11) is 0. The second-order valence-electron chi connectivity index (χ2n) is 5.27. The highest BCUT2D eigenvalue weighted by Crippen LogP contribution is 2.28. The zero-order valence-corrected chi connectivity index (χ0v) is 12.9. The second-order valence-corrected chi connectivity index (χ2v) is 6.39. The predicted octanol–water partition coefficient (Wildman–Crippen LogP) is 4.39. The molecule has 1 heterocycles. The van der Waals surface area contributed by atoms with E-state index in [0.717, 1.165) is 16.9 Å². The van der Waals surface area contributed by atoms with Crippen LogP contribution in [0.3, 0.4) is 0 Å². The number of aliphatic hydroxyl groups excluding tert-OH is 1. The van der Waals surface area contributed by atoms with Gasteiger partial charge in [-0.15, -0.1) is 11.3 Å². The van der Waals surface area contributed by atoms with Crippen LogP contribution >= 0.6 is 11.3 Å². The van der Waals surface area contributed by atoms with Gasteiger partial charge in [0.2, 0.25) is 0 Å². The molecule has 3 aromatic rings. The maximum Gasteiger partial charge on any atom is 0.0964 e. The standard InChI is InChI=1S/C18H19NOS/c1-2-14(13-8-4-3-5-9-13)16(20)12-18-19-15-10-6-7-11-17(15)21-18/h3-11,14,16,20H,2,12H2,1H3. The molecule has 3 heteroatoms. The van der Waals surface area contributed by atoms with Gasteiger partial charge in [0.25, 0.3) is 0 Å². The number of benzene rings is 2. The third-order valence-corrected chi connectivity index (χ3v) is 4.91. The lowest BCUT2D eigenvalue weighted by Crippen LogP contribution is -2.20. The Kier molecular flexibility index (Phi) is 4.32. The lowest BCUT2D eigenvalue weighted by molar-refractivity contribution is 0.141. The number of thiazole rings is 1. The first-order chi connectivity index (χ1) is 10.3. The number of aromatic nitrogens is 1. The Morgan fingerprint density at radius 3 is 2.48 bits per heavy atom. The van der Waals surface area contributed by atoms with E-state index in [2.05, 4.69) is 30.1 Å². The molecular weight excluding hydrogens is 278 g/mol. The third kappa shape index (κ3) is 3.14. The summed E-state index contributed by atoms with van der Waals surface area (Å²) in [5, 5.41) is 11.6. The molecule has 21 heavy (non-hydrogen) atoms. The van der Waals surface area contributed by atoms with E-state index in [9.17, 15) is 5.11 Å². The van der Waals surface area contributed by atoms with Crippen LogP contribution in [0.2, 0.25) is 0 Å². The number of rotatable bonds is 5. The minimum atomic E-state index is -0.391. The third-order valence-electron chi connectivity index (χ3n) is 3.85. The molecule has 1 N–H and O–H groups in total. The minimum absolute atomic E-state index is 0.165. The first-order valence-electron chi connectivity index (χ1n) is 7.35. The molecule has 2 nitrogen and oxygen atoms in total.